The van der Waals surface area contributed by atoms with Crippen LogP contribution in [-0.2, 0) is 62.6 Å². The third kappa shape index (κ3) is 27.8. The minimum Gasteiger partial charge on any atom is -0.502 e. The van der Waals surface area contributed by atoms with E-state index in [0.717, 1.165) is 25.7 Å². The second-order valence-electron chi connectivity index (χ2n) is 19.6. The van der Waals surface area contributed by atoms with Gasteiger partial charge in [0.15, 0.2) is 23.0 Å². The minimum absolute atomic E-state index is 0.291. The van der Waals surface area contributed by atoms with Gasteiger partial charge in [-0.05, 0) is 152 Å². The quantitative estimate of drug-likeness (QED) is 0.0115. The highest BCUT2D eigenvalue weighted by molar-refractivity contribution is 5.89. The summed E-state index contributed by atoms with van der Waals surface area (Å²) in [4.78, 5) is 58.4. The Morgan fingerprint density at radius 2 is 0.643 bits per heavy atom. The SMILES string of the molecule is C=CCOOCCCCOc1ccc(C=CC(=O)OC23CCC(OC(=O)C=Cc4ccc(OCCCCOC=C)c(OCCCCOC=C)c4OCCCCOOCC=C)(CC2)CC3)c(OCCCCOC=C)c1OCCCCOOCC=C. The molecule has 3 saturated carbocycles. The molecule has 0 heterocycles. The first-order valence-electron chi connectivity index (χ1n) is 29.4. The summed E-state index contributed by atoms with van der Waals surface area (Å²) in [5.41, 5.74) is -0.202. The highest BCUT2D eigenvalue weighted by Gasteiger charge is 2.52. The van der Waals surface area contributed by atoms with Gasteiger partial charge in [0.2, 0.25) is 11.5 Å². The fraction of sp³-hybridized carbons (Fsp3) is 0.538. The number of benzene rings is 2. The standard InChI is InChI=1S/C65H92O19/c1-7-39-77-80-51-22-19-46-72-57-30-26-54(60(73-47-17-14-43-69-11-5)63(57)76-50-21-24-53-82-79-41-9-3)27-31-58(66)83-64-33-36-65(37-34-64,38-35-64)84-59(67)32-28-55-25-29-56(71-45-16-13-42-68-10-4)62(75-49-18-15-44-70-12-6)61(55)74-48-20-23-52-81-78-40-8-2/h7-12,25-32H,1-6,13-24,33-53H2. The number of fused-ring (bicyclic) bond motifs is 3. The number of carbonyl (C=O) groups excluding carboxylic acids is 2. The second-order valence-corrected chi connectivity index (χ2v) is 19.6. The van der Waals surface area contributed by atoms with E-state index < -0.39 is 23.1 Å². The molecule has 3 fully saturated rings. The summed E-state index contributed by atoms with van der Waals surface area (Å²) >= 11 is 0. The monoisotopic (exact) mass is 1180 g/mol. The topological polar surface area (TPSA) is 191 Å². The largest absolute Gasteiger partial charge is 0.502 e. The van der Waals surface area contributed by atoms with Gasteiger partial charge in [-0.3, -0.25) is 0 Å². The molecule has 0 unspecified atom stereocenters. The van der Waals surface area contributed by atoms with Gasteiger partial charge in [-0.1, -0.05) is 38.0 Å². The van der Waals surface area contributed by atoms with Gasteiger partial charge in [-0.15, -0.1) is 19.7 Å². The molecule has 0 N–H and O–H groups in total. The van der Waals surface area contributed by atoms with Gasteiger partial charge < -0.3 is 52.1 Å². The molecule has 3 aliphatic carbocycles. The lowest BCUT2D eigenvalue weighted by Crippen LogP contribution is -2.53. The number of unbranched alkanes of at least 4 members (excludes halogenated alkanes) is 6. The third-order valence-corrected chi connectivity index (χ3v) is 13.3. The van der Waals surface area contributed by atoms with Crippen molar-refractivity contribution < 1.29 is 91.0 Å². The number of hydrogen-bond donors (Lipinski definition) is 0. The van der Waals surface area contributed by atoms with Crippen molar-refractivity contribution in [3.8, 4) is 34.5 Å². The molecule has 84 heavy (non-hydrogen) atoms. The van der Waals surface area contributed by atoms with Crippen molar-refractivity contribution >= 4 is 24.1 Å². The first-order chi connectivity index (χ1) is 41.3. The molecule has 0 aliphatic heterocycles. The molecule has 2 aromatic carbocycles. The Balaban J connectivity index is 1.47. The molecule has 0 amide bonds. The van der Waals surface area contributed by atoms with Crippen LogP contribution in [0.15, 0.2) is 113 Å². The van der Waals surface area contributed by atoms with E-state index in [1.807, 2.05) is 24.3 Å². The first kappa shape index (κ1) is 69.8. The van der Waals surface area contributed by atoms with E-state index in [1.165, 1.54) is 30.9 Å². The van der Waals surface area contributed by atoms with E-state index in [4.69, 9.17) is 81.4 Å². The molecule has 19 heteroatoms. The summed E-state index contributed by atoms with van der Waals surface area (Å²) in [7, 11) is 0. The van der Waals surface area contributed by atoms with Gasteiger partial charge in [0, 0.05) is 23.3 Å². The zero-order valence-electron chi connectivity index (χ0n) is 49.4. The van der Waals surface area contributed by atoms with E-state index >= 15 is 0 Å². The average molecular weight is 1180 g/mol. The molecule has 5 rings (SSSR count). The van der Waals surface area contributed by atoms with Crippen molar-refractivity contribution in [2.45, 2.75) is 127 Å². The van der Waals surface area contributed by atoms with Crippen LogP contribution in [-0.4, -0.2) is 122 Å². The Kier molecular flexibility index (Phi) is 36.4. The zero-order chi connectivity index (χ0) is 60.0. The fourth-order valence-electron chi connectivity index (χ4n) is 8.84. The molecule has 2 aromatic rings. The van der Waals surface area contributed by atoms with Gasteiger partial charge >= 0.3 is 11.9 Å². The Bertz CT molecular complexity index is 2270. The van der Waals surface area contributed by atoms with Crippen molar-refractivity contribution in [2.24, 2.45) is 0 Å². The smallest absolute Gasteiger partial charge is 0.331 e. The van der Waals surface area contributed by atoms with Gasteiger partial charge in [0.05, 0.1) is 98.1 Å². The van der Waals surface area contributed by atoms with Crippen LogP contribution in [0.5, 0.6) is 34.5 Å². The molecule has 19 nitrogen and oxygen atoms in total. The predicted molar refractivity (Wildman–Crippen MR) is 319 cm³/mol. The number of carbonyl (C=O) groups is 2. The Morgan fingerprint density at radius 3 is 0.952 bits per heavy atom. The Hall–Kier alpha value is -6.74. The van der Waals surface area contributed by atoms with Crippen LogP contribution in [0.2, 0.25) is 0 Å². The van der Waals surface area contributed by atoms with Crippen molar-refractivity contribution in [2.75, 3.05) is 99.1 Å². The van der Waals surface area contributed by atoms with Crippen LogP contribution < -0.4 is 28.4 Å². The summed E-state index contributed by atoms with van der Waals surface area (Å²) in [5.74, 6) is 1.71. The average Bonchev–Trinajstić information content (AvgIpc) is 2.69. The first-order valence-corrected chi connectivity index (χ1v) is 29.4. The second kappa shape index (κ2) is 43.8. The van der Waals surface area contributed by atoms with Crippen molar-refractivity contribution in [1.82, 2.24) is 0 Å². The van der Waals surface area contributed by atoms with E-state index in [1.54, 1.807) is 30.4 Å². The number of hydrogen-bond acceptors (Lipinski definition) is 19. The van der Waals surface area contributed by atoms with E-state index in [0.29, 0.717) is 235 Å². The molecule has 466 valence electrons. The van der Waals surface area contributed by atoms with Gasteiger partial charge in [-0.25, -0.2) is 38.9 Å². The minimum atomic E-state index is -0.706. The predicted octanol–water partition coefficient (Wildman–Crippen LogP) is 13.2. The van der Waals surface area contributed by atoms with Crippen LogP contribution in [0.1, 0.15) is 127 Å². The molecule has 3 aliphatic rings. The number of ether oxygens (including phenoxy) is 11. The lowest BCUT2D eigenvalue weighted by atomic mass is 9.65. The molecular weight excluding hydrogens is 1080 g/mol. The summed E-state index contributed by atoms with van der Waals surface area (Å²) in [5, 5.41) is 0. The molecule has 0 saturated heterocycles. The number of rotatable bonds is 54. The maximum Gasteiger partial charge on any atom is 0.331 e. The van der Waals surface area contributed by atoms with Crippen molar-refractivity contribution in [3.05, 3.63) is 124 Å². The van der Waals surface area contributed by atoms with Crippen LogP contribution in [0, 0.1) is 0 Å². The van der Waals surface area contributed by atoms with Crippen LogP contribution in [0.25, 0.3) is 12.2 Å². The highest BCUT2D eigenvalue weighted by atomic mass is 17.2. The zero-order valence-corrected chi connectivity index (χ0v) is 49.4. The summed E-state index contributed by atoms with van der Waals surface area (Å²) in [6.45, 7) is 27.5. The summed E-state index contributed by atoms with van der Waals surface area (Å²) in [6.07, 6.45) is 26.9. The molecule has 0 spiro atoms. The van der Waals surface area contributed by atoms with E-state index in [-0.39, 0.29) is 0 Å². The molecule has 2 bridgehead atoms. The summed E-state index contributed by atoms with van der Waals surface area (Å²) < 4.78 is 66.7. The lowest BCUT2D eigenvalue weighted by molar-refractivity contribution is -0.286. The van der Waals surface area contributed by atoms with Crippen molar-refractivity contribution in [3.63, 3.8) is 0 Å². The maximum absolute atomic E-state index is 13.8. The van der Waals surface area contributed by atoms with Crippen molar-refractivity contribution in [1.29, 1.82) is 0 Å². The Labute approximate surface area is 497 Å². The van der Waals surface area contributed by atoms with E-state index in [2.05, 4.69) is 39.5 Å². The van der Waals surface area contributed by atoms with Gasteiger partial charge in [-0.2, -0.15) is 0 Å². The maximum atomic E-state index is 13.8. The number of esters is 2. The molecule has 0 aromatic heterocycles. The van der Waals surface area contributed by atoms with Gasteiger partial charge in [0.25, 0.3) is 0 Å². The Morgan fingerprint density at radius 1 is 0.357 bits per heavy atom. The fourth-order valence-corrected chi connectivity index (χ4v) is 8.84. The normalized spacial score (nSPS) is 16.1. The highest BCUT2D eigenvalue weighted by Crippen LogP contribution is 2.51. The van der Waals surface area contributed by atoms with Crippen LogP contribution in [0.3, 0.4) is 0 Å². The molecule has 0 radical (unpaired) electrons. The lowest BCUT2D eigenvalue weighted by Gasteiger charge is -2.51. The molecular formula is C65H92O19. The van der Waals surface area contributed by atoms with E-state index in [9.17, 15) is 9.59 Å². The third-order valence-electron chi connectivity index (χ3n) is 13.3. The van der Waals surface area contributed by atoms with Crippen LogP contribution >= 0.6 is 0 Å². The van der Waals surface area contributed by atoms with Gasteiger partial charge in [0.1, 0.15) is 31.0 Å². The molecule has 0 atom stereocenters. The summed E-state index contributed by atoms with van der Waals surface area (Å²) in [6, 6.07) is 7.29. The van der Waals surface area contributed by atoms with Crippen LogP contribution in [0.4, 0.5) is 0 Å².